The van der Waals surface area contributed by atoms with Crippen LogP contribution in [-0.2, 0) is 0 Å². The van der Waals surface area contributed by atoms with Gasteiger partial charge in [-0.1, -0.05) is 18.2 Å². The van der Waals surface area contributed by atoms with E-state index in [2.05, 4.69) is 10.1 Å². The number of hydrogen-bond acceptors (Lipinski definition) is 4. The Morgan fingerprint density at radius 1 is 1.09 bits per heavy atom. The lowest BCUT2D eigenvalue weighted by molar-refractivity contribution is 0.412. The number of hydrogen-bond donors (Lipinski definition) is 1. The molecule has 0 saturated heterocycles. The first-order chi connectivity index (χ1) is 11.2. The zero-order valence-electron chi connectivity index (χ0n) is 12.2. The molecule has 23 heavy (non-hydrogen) atoms. The summed E-state index contributed by atoms with van der Waals surface area (Å²) < 4.78 is 7.89. The maximum absolute atomic E-state index is 12.9. The summed E-state index contributed by atoms with van der Waals surface area (Å²) in [6.07, 6.45) is 1.72. The lowest BCUT2D eigenvalue weighted by atomic mass is 10.2. The number of pyridine rings is 1. The van der Waals surface area contributed by atoms with E-state index in [0.717, 1.165) is 4.57 Å². The van der Waals surface area contributed by atoms with Crippen LogP contribution in [0.15, 0.2) is 58.3 Å². The molecule has 0 bridgehead atoms. The topological polar surface area (TPSA) is 81.4 Å². The molecule has 0 aliphatic heterocycles. The van der Waals surface area contributed by atoms with E-state index in [1.54, 1.807) is 47.1 Å². The molecule has 0 radical (unpaired) electrons. The molecular formula is C16H12N4O3. The smallest absolute Gasteiger partial charge is 0.334 e. The van der Waals surface area contributed by atoms with Crippen molar-refractivity contribution in [2.75, 3.05) is 7.11 Å². The van der Waals surface area contributed by atoms with Gasteiger partial charge in [-0.05, 0) is 24.3 Å². The van der Waals surface area contributed by atoms with E-state index in [1.807, 2.05) is 6.07 Å². The number of H-pyrrole nitrogens is 1. The summed E-state index contributed by atoms with van der Waals surface area (Å²) in [5.74, 6) is 0.441. The number of aromatic amines is 1. The highest BCUT2D eigenvalue weighted by Gasteiger charge is 2.17. The molecule has 4 aromatic rings. The first-order valence-electron chi connectivity index (χ1n) is 6.96. The van der Waals surface area contributed by atoms with Gasteiger partial charge in [0, 0.05) is 6.20 Å². The highest BCUT2D eigenvalue weighted by atomic mass is 16.5. The number of nitrogens with zero attached hydrogens (tertiary/aromatic N) is 3. The molecule has 0 spiro atoms. The summed E-state index contributed by atoms with van der Waals surface area (Å²) in [7, 11) is 1.49. The minimum atomic E-state index is -0.560. The fourth-order valence-corrected chi connectivity index (χ4v) is 2.69. The maximum atomic E-state index is 12.9. The molecule has 0 fully saturated rings. The lowest BCUT2D eigenvalue weighted by Gasteiger charge is -2.09. The molecule has 4 rings (SSSR count). The second kappa shape index (κ2) is 4.84. The third-order valence-electron chi connectivity index (χ3n) is 3.71. The quantitative estimate of drug-likeness (QED) is 0.606. The molecule has 3 heterocycles. The Labute approximate surface area is 129 Å². The van der Waals surface area contributed by atoms with Crippen molar-refractivity contribution < 1.29 is 4.74 Å². The Morgan fingerprint density at radius 2 is 1.87 bits per heavy atom. The largest absolute Gasteiger partial charge is 0.495 e. The number of rotatable bonds is 2. The summed E-state index contributed by atoms with van der Waals surface area (Å²) >= 11 is 0. The fraction of sp³-hybridized carbons (Fsp3) is 0.0625. The predicted molar refractivity (Wildman–Crippen MR) is 85.5 cm³/mol. The number of fused-ring (bicyclic) bond motifs is 3. The number of benzene rings is 1. The Hall–Kier alpha value is -3.35. The van der Waals surface area contributed by atoms with Crippen LogP contribution in [0.2, 0.25) is 0 Å². The van der Waals surface area contributed by atoms with Crippen LogP contribution in [-0.4, -0.2) is 26.3 Å². The zero-order chi connectivity index (χ0) is 16.0. The van der Waals surface area contributed by atoms with Crippen molar-refractivity contribution in [1.82, 2.24) is 19.2 Å². The molecule has 0 aliphatic carbocycles. The molecule has 1 aromatic carbocycles. The molecule has 0 amide bonds. The van der Waals surface area contributed by atoms with Gasteiger partial charge in [-0.3, -0.25) is 9.78 Å². The van der Waals surface area contributed by atoms with Gasteiger partial charge in [-0.15, -0.1) is 5.10 Å². The predicted octanol–water partition coefficient (Wildman–Crippen LogP) is 1.34. The fourth-order valence-electron chi connectivity index (χ4n) is 2.69. The minimum absolute atomic E-state index is 0.261. The molecule has 7 heteroatoms. The van der Waals surface area contributed by atoms with E-state index in [4.69, 9.17) is 4.74 Å². The molecule has 0 aliphatic rings. The number of para-hydroxylation sites is 2. The number of methoxy groups -OCH3 is 1. The SMILES string of the molecule is COc1ccccc1-n1c(=O)[nH]c2nn3ccccc3c2c1=O. The van der Waals surface area contributed by atoms with Crippen molar-refractivity contribution in [2.24, 2.45) is 0 Å². The molecule has 7 nitrogen and oxygen atoms in total. The van der Waals surface area contributed by atoms with Gasteiger partial charge >= 0.3 is 5.69 Å². The van der Waals surface area contributed by atoms with Crippen molar-refractivity contribution in [3.05, 3.63) is 69.5 Å². The number of ether oxygens (including phenoxy) is 1. The first-order valence-corrected chi connectivity index (χ1v) is 6.96. The third-order valence-corrected chi connectivity index (χ3v) is 3.71. The second-order valence-corrected chi connectivity index (χ2v) is 5.00. The highest BCUT2D eigenvalue weighted by molar-refractivity contribution is 5.91. The van der Waals surface area contributed by atoms with Crippen molar-refractivity contribution in [1.29, 1.82) is 0 Å². The van der Waals surface area contributed by atoms with E-state index >= 15 is 0 Å². The van der Waals surface area contributed by atoms with Crippen LogP contribution in [0.3, 0.4) is 0 Å². The zero-order valence-corrected chi connectivity index (χ0v) is 12.2. The number of aromatic nitrogens is 4. The van der Waals surface area contributed by atoms with Crippen LogP contribution in [0.5, 0.6) is 5.75 Å². The Morgan fingerprint density at radius 3 is 2.70 bits per heavy atom. The molecule has 0 saturated carbocycles. The first kappa shape index (κ1) is 13.3. The highest BCUT2D eigenvalue weighted by Crippen LogP contribution is 2.20. The normalized spacial score (nSPS) is 11.2. The van der Waals surface area contributed by atoms with E-state index in [0.29, 0.717) is 22.3 Å². The molecule has 0 unspecified atom stereocenters. The van der Waals surface area contributed by atoms with E-state index in [1.165, 1.54) is 7.11 Å². The van der Waals surface area contributed by atoms with Crippen molar-refractivity contribution >= 4 is 16.6 Å². The van der Waals surface area contributed by atoms with Crippen molar-refractivity contribution in [3.8, 4) is 11.4 Å². The molecule has 1 N–H and O–H groups in total. The van der Waals surface area contributed by atoms with E-state index in [-0.39, 0.29) is 5.65 Å². The van der Waals surface area contributed by atoms with E-state index in [9.17, 15) is 9.59 Å². The molecular weight excluding hydrogens is 296 g/mol. The lowest BCUT2D eigenvalue weighted by Crippen LogP contribution is -2.33. The third kappa shape index (κ3) is 1.87. The summed E-state index contributed by atoms with van der Waals surface area (Å²) in [5.41, 5.74) is 0.285. The summed E-state index contributed by atoms with van der Waals surface area (Å²) in [6, 6.07) is 12.3. The van der Waals surface area contributed by atoms with Crippen LogP contribution >= 0.6 is 0 Å². The van der Waals surface area contributed by atoms with Gasteiger partial charge in [0.2, 0.25) is 0 Å². The van der Waals surface area contributed by atoms with E-state index < -0.39 is 11.2 Å². The summed E-state index contributed by atoms with van der Waals surface area (Å²) in [4.78, 5) is 28.0. The Balaban J connectivity index is 2.18. The van der Waals surface area contributed by atoms with Gasteiger partial charge in [-0.2, -0.15) is 0 Å². The molecule has 114 valence electrons. The Bertz CT molecular complexity index is 1150. The maximum Gasteiger partial charge on any atom is 0.334 e. The van der Waals surface area contributed by atoms with Gasteiger partial charge in [0.05, 0.1) is 18.3 Å². The van der Waals surface area contributed by atoms with Crippen LogP contribution in [0, 0.1) is 0 Å². The molecule has 3 aromatic heterocycles. The standard InChI is InChI=1S/C16H12N4O3/c1-23-12-8-3-2-6-10(12)20-15(21)13-11-7-4-5-9-19(11)18-14(13)17-16(20)22/h2-9H,1H3,(H,17,18,22). The van der Waals surface area contributed by atoms with Crippen LogP contribution < -0.4 is 16.0 Å². The average Bonchev–Trinajstić information content (AvgIpc) is 2.93. The van der Waals surface area contributed by atoms with Gasteiger partial charge in [0.1, 0.15) is 11.1 Å². The van der Waals surface area contributed by atoms with Gasteiger partial charge < -0.3 is 4.74 Å². The summed E-state index contributed by atoms with van der Waals surface area (Å²) in [5, 5.41) is 4.59. The summed E-state index contributed by atoms with van der Waals surface area (Å²) in [6.45, 7) is 0. The van der Waals surface area contributed by atoms with Crippen LogP contribution in [0.25, 0.3) is 22.2 Å². The second-order valence-electron chi connectivity index (χ2n) is 5.00. The monoisotopic (exact) mass is 308 g/mol. The van der Waals surface area contributed by atoms with Gasteiger partial charge in [0.15, 0.2) is 5.65 Å². The average molecular weight is 308 g/mol. The van der Waals surface area contributed by atoms with Crippen LogP contribution in [0.1, 0.15) is 0 Å². The van der Waals surface area contributed by atoms with Crippen molar-refractivity contribution in [3.63, 3.8) is 0 Å². The minimum Gasteiger partial charge on any atom is -0.495 e. The van der Waals surface area contributed by atoms with Crippen LogP contribution in [0.4, 0.5) is 0 Å². The number of nitrogens with one attached hydrogen (secondary N) is 1. The van der Waals surface area contributed by atoms with Crippen molar-refractivity contribution in [2.45, 2.75) is 0 Å². The Kier molecular flexibility index (Phi) is 2.80. The van der Waals surface area contributed by atoms with Gasteiger partial charge in [0.25, 0.3) is 5.56 Å². The van der Waals surface area contributed by atoms with Gasteiger partial charge in [-0.25, -0.2) is 13.9 Å². The molecule has 0 atom stereocenters.